The van der Waals surface area contributed by atoms with Gasteiger partial charge in [-0.25, -0.2) is 4.39 Å². The van der Waals surface area contributed by atoms with E-state index in [0.29, 0.717) is 37.7 Å². The van der Waals surface area contributed by atoms with Crippen molar-refractivity contribution in [2.75, 3.05) is 36.5 Å². The zero-order valence-corrected chi connectivity index (χ0v) is 12.2. The molecular weight excluding hydrogens is 301 g/mol. The SMILES string of the molecule is N#CC(=CNc1cccc(F)c1N1CCOCC1)c1nn[nH]n1. The first kappa shape index (κ1) is 14.9. The van der Waals surface area contributed by atoms with Crippen molar-refractivity contribution in [3.63, 3.8) is 0 Å². The first-order chi connectivity index (χ1) is 11.3. The van der Waals surface area contributed by atoms with E-state index < -0.39 is 0 Å². The smallest absolute Gasteiger partial charge is 0.216 e. The van der Waals surface area contributed by atoms with Gasteiger partial charge < -0.3 is 15.0 Å². The lowest BCUT2D eigenvalue weighted by Gasteiger charge is -2.30. The van der Waals surface area contributed by atoms with Crippen molar-refractivity contribution in [1.82, 2.24) is 20.6 Å². The lowest BCUT2D eigenvalue weighted by atomic mass is 10.2. The Morgan fingerprint density at radius 3 is 2.96 bits per heavy atom. The molecule has 118 valence electrons. The van der Waals surface area contributed by atoms with Gasteiger partial charge in [0, 0.05) is 19.3 Å². The normalized spacial score (nSPS) is 15.3. The Balaban J connectivity index is 1.88. The topological polar surface area (TPSA) is 103 Å². The second-order valence-corrected chi connectivity index (χ2v) is 4.78. The van der Waals surface area contributed by atoms with Crippen LogP contribution in [0.25, 0.3) is 5.57 Å². The molecule has 0 bridgehead atoms. The molecule has 0 spiro atoms. The molecule has 1 aromatic carbocycles. The number of para-hydroxylation sites is 1. The minimum Gasteiger partial charge on any atom is -0.378 e. The summed E-state index contributed by atoms with van der Waals surface area (Å²) in [6.07, 6.45) is 1.43. The summed E-state index contributed by atoms with van der Waals surface area (Å²) in [5, 5.41) is 25.3. The second kappa shape index (κ2) is 6.85. The number of benzene rings is 1. The van der Waals surface area contributed by atoms with Crippen molar-refractivity contribution in [1.29, 1.82) is 5.26 Å². The van der Waals surface area contributed by atoms with E-state index >= 15 is 0 Å². The van der Waals surface area contributed by atoms with Crippen LogP contribution in [0.2, 0.25) is 0 Å². The monoisotopic (exact) mass is 315 g/mol. The molecule has 0 unspecified atom stereocenters. The minimum atomic E-state index is -0.330. The number of tetrazole rings is 1. The molecule has 1 aromatic heterocycles. The number of nitrogens with one attached hydrogen (secondary N) is 2. The van der Waals surface area contributed by atoms with Crippen molar-refractivity contribution in [2.45, 2.75) is 0 Å². The number of hydrogen-bond donors (Lipinski definition) is 2. The zero-order valence-electron chi connectivity index (χ0n) is 12.2. The molecule has 9 heteroatoms. The Labute approximate surface area is 131 Å². The van der Waals surface area contributed by atoms with Gasteiger partial charge in [-0.15, -0.1) is 10.2 Å². The molecule has 2 aromatic rings. The van der Waals surface area contributed by atoms with Crippen LogP contribution < -0.4 is 10.2 Å². The van der Waals surface area contributed by atoms with Crippen LogP contribution in [-0.2, 0) is 4.74 Å². The lowest BCUT2D eigenvalue weighted by molar-refractivity contribution is 0.122. The highest BCUT2D eigenvalue weighted by molar-refractivity contribution is 5.77. The Morgan fingerprint density at radius 1 is 1.43 bits per heavy atom. The van der Waals surface area contributed by atoms with E-state index in [-0.39, 0.29) is 17.2 Å². The number of nitriles is 1. The molecule has 23 heavy (non-hydrogen) atoms. The molecule has 1 aliphatic heterocycles. The van der Waals surface area contributed by atoms with E-state index in [0.717, 1.165) is 0 Å². The van der Waals surface area contributed by atoms with Gasteiger partial charge in [0.2, 0.25) is 5.82 Å². The van der Waals surface area contributed by atoms with E-state index in [9.17, 15) is 4.39 Å². The number of hydrogen-bond acceptors (Lipinski definition) is 7. The van der Waals surface area contributed by atoms with Crippen LogP contribution in [0.15, 0.2) is 24.4 Å². The number of aromatic nitrogens is 4. The van der Waals surface area contributed by atoms with Gasteiger partial charge in [0.1, 0.15) is 17.5 Å². The van der Waals surface area contributed by atoms with Crippen LogP contribution in [0.3, 0.4) is 0 Å². The van der Waals surface area contributed by atoms with E-state index in [2.05, 4.69) is 25.9 Å². The van der Waals surface area contributed by atoms with Crippen LogP contribution >= 0.6 is 0 Å². The number of rotatable bonds is 4. The number of morpholine rings is 1. The largest absolute Gasteiger partial charge is 0.378 e. The molecule has 1 saturated heterocycles. The maximum Gasteiger partial charge on any atom is 0.216 e. The van der Waals surface area contributed by atoms with Gasteiger partial charge in [-0.3, -0.25) is 0 Å². The molecule has 1 aliphatic rings. The quantitative estimate of drug-likeness (QED) is 0.816. The Bertz CT molecular complexity index is 732. The Kier molecular flexibility index (Phi) is 4.44. The van der Waals surface area contributed by atoms with Crippen molar-refractivity contribution in [2.24, 2.45) is 0 Å². The fourth-order valence-corrected chi connectivity index (χ4v) is 2.31. The molecule has 0 radical (unpaired) electrons. The maximum absolute atomic E-state index is 14.3. The zero-order chi connectivity index (χ0) is 16.1. The van der Waals surface area contributed by atoms with Crippen molar-refractivity contribution >= 4 is 16.9 Å². The van der Waals surface area contributed by atoms with Crippen molar-refractivity contribution in [3.8, 4) is 6.07 Å². The lowest BCUT2D eigenvalue weighted by Crippen LogP contribution is -2.37. The summed E-state index contributed by atoms with van der Waals surface area (Å²) in [6, 6.07) is 6.73. The summed E-state index contributed by atoms with van der Waals surface area (Å²) in [5.41, 5.74) is 1.21. The van der Waals surface area contributed by atoms with Crippen molar-refractivity contribution in [3.05, 3.63) is 36.0 Å². The van der Waals surface area contributed by atoms with Gasteiger partial charge in [0.15, 0.2) is 0 Å². The minimum absolute atomic E-state index is 0.171. The molecule has 0 atom stereocenters. The third-order valence-electron chi connectivity index (χ3n) is 3.39. The molecule has 3 rings (SSSR count). The number of nitrogens with zero attached hydrogens (tertiary/aromatic N) is 5. The molecule has 0 aliphatic carbocycles. The van der Waals surface area contributed by atoms with E-state index in [1.165, 1.54) is 12.3 Å². The van der Waals surface area contributed by atoms with Crippen LogP contribution in [0.1, 0.15) is 5.82 Å². The number of H-pyrrole nitrogens is 1. The first-order valence-electron chi connectivity index (χ1n) is 7.01. The van der Waals surface area contributed by atoms with Gasteiger partial charge in [-0.2, -0.15) is 10.5 Å². The summed E-state index contributed by atoms with van der Waals surface area (Å²) in [5.74, 6) is -0.160. The number of aromatic amines is 1. The third kappa shape index (κ3) is 3.27. The summed E-state index contributed by atoms with van der Waals surface area (Å²) in [6.45, 7) is 2.32. The second-order valence-electron chi connectivity index (χ2n) is 4.78. The molecular formula is C14H14FN7O. The first-order valence-corrected chi connectivity index (χ1v) is 7.01. The predicted octanol–water partition coefficient (Wildman–Crippen LogP) is 1.15. The summed E-state index contributed by atoms with van der Waals surface area (Å²) in [4.78, 5) is 1.91. The molecule has 2 N–H and O–H groups in total. The molecule has 2 heterocycles. The highest BCUT2D eigenvalue weighted by atomic mass is 19.1. The van der Waals surface area contributed by atoms with Gasteiger partial charge in [-0.1, -0.05) is 6.07 Å². The standard InChI is InChI=1S/C14H14FN7O/c15-11-2-1-3-12(13(11)22-4-6-23-7-5-22)17-9-10(8-16)14-18-20-21-19-14/h1-3,9,17H,4-7H2,(H,18,19,20,21). The Hall–Kier alpha value is -2.99. The summed E-state index contributed by atoms with van der Waals surface area (Å²) in [7, 11) is 0. The van der Waals surface area contributed by atoms with Gasteiger partial charge in [-0.05, 0) is 17.3 Å². The predicted molar refractivity (Wildman–Crippen MR) is 80.8 cm³/mol. The number of anilines is 2. The van der Waals surface area contributed by atoms with E-state index in [1.54, 1.807) is 12.1 Å². The van der Waals surface area contributed by atoms with Gasteiger partial charge in [0.25, 0.3) is 0 Å². The number of halogens is 1. The van der Waals surface area contributed by atoms with Gasteiger partial charge in [0.05, 0.1) is 24.6 Å². The van der Waals surface area contributed by atoms with Crippen LogP contribution in [-0.4, -0.2) is 46.9 Å². The number of allylic oxidation sites excluding steroid dienone is 1. The highest BCUT2D eigenvalue weighted by Gasteiger charge is 2.18. The van der Waals surface area contributed by atoms with E-state index in [1.807, 2.05) is 11.0 Å². The van der Waals surface area contributed by atoms with Crippen molar-refractivity contribution < 1.29 is 9.13 Å². The van der Waals surface area contributed by atoms with Crippen LogP contribution in [0.5, 0.6) is 0 Å². The number of ether oxygens (including phenoxy) is 1. The molecule has 8 nitrogen and oxygen atoms in total. The summed E-state index contributed by atoms with van der Waals surface area (Å²) < 4.78 is 19.6. The van der Waals surface area contributed by atoms with E-state index in [4.69, 9.17) is 10.00 Å². The maximum atomic E-state index is 14.3. The van der Waals surface area contributed by atoms with Gasteiger partial charge >= 0.3 is 0 Å². The third-order valence-corrected chi connectivity index (χ3v) is 3.39. The van der Waals surface area contributed by atoms with Crippen LogP contribution in [0, 0.1) is 17.1 Å². The Morgan fingerprint density at radius 2 is 2.26 bits per heavy atom. The average molecular weight is 315 g/mol. The molecule has 0 saturated carbocycles. The highest BCUT2D eigenvalue weighted by Crippen LogP contribution is 2.30. The average Bonchev–Trinajstić information content (AvgIpc) is 3.11. The van der Waals surface area contributed by atoms with Crippen LogP contribution in [0.4, 0.5) is 15.8 Å². The fourth-order valence-electron chi connectivity index (χ4n) is 2.31. The fraction of sp³-hybridized carbons (Fsp3) is 0.286. The summed E-state index contributed by atoms with van der Waals surface area (Å²) >= 11 is 0. The molecule has 1 fully saturated rings. The molecule has 0 amide bonds.